The maximum absolute atomic E-state index is 12.7. The van der Waals surface area contributed by atoms with Crippen LogP contribution in [0.15, 0.2) is 18.3 Å². The maximum Gasteiger partial charge on any atom is 0.257 e. The summed E-state index contributed by atoms with van der Waals surface area (Å²) in [5, 5.41) is 12.5. The molecule has 0 spiro atoms. The quantitative estimate of drug-likeness (QED) is 0.846. The second-order valence-corrected chi connectivity index (χ2v) is 6.58. The molecule has 2 aliphatic rings. The number of pyridine rings is 1. The molecule has 0 unspecified atom stereocenters. The number of carbonyl (C=O) groups excluding carboxylic acids is 1. The number of nitrogens with zero attached hydrogens (tertiary/aromatic N) is 2. The topological polar surface area (TPSA) is 65.5 Å². The molecule has 2 heterocycles. The van der Waals surface area contributed by atoms with E-state index in [4.69, 9.17) is 5.11 Å². The van der Waals surface area contributed by atoms with Crippen LogP contribution in [0.5, 0.6) is 0 Å². The van der Waals surface area contributed by atoms with Crippen molar-refractivity contribution < 1.29 is 9.90 Å². The van der Waals surface area contributed by atoms with E-state index in [0.29, 0.717) is 11.4 Å². The minimum Gasteiger partial charge on any atom is -0.396 e. The van der Waals surface area contributed by atoms with Crippen molar-refractivity contribution in [3.8, 4) is 0 Å². The van der Waals surface area contributed by atoms with Crippen LogP contribution in [0.3, 0.4) is 0 Å². The molecule has 1 aromatic heterocycles. The first-order valence-corrected chi connectivity index (χ1v) is 8.33. The van der Waals surface area contributed by atoms with Crippen molar-refractivity contribution in [3.05, 3.63) is 23.9 Å². The monoisotopic (exact) mass is 303 g/mol. The number of amides is 1. The predicted octanol–water partition coefficient (Wildman–Crippen LogP) is 2.28. The van der Waals surface area contributed by atoms with E-state index in [1.54, 1.807) is 6.20 Å². The van der Waals surface area contributed by atoms with Crippen molar-refractivity contribution in [2.75, 3.05) is 31.6 Å². The summed E-state index contributed by atoms with van der Waals surface area (Å²) >= 11 is 0. The molecule has 1 saturated carbocycles. The number of aliphatic hydroxyl groups is 1. The number of aliphatic hydroxyl groups excluding tert-OH is 1. The van der Waals surface area contributed by atoms with Crippen molar-refractivity contribution in [3.63, 3.8) is 0 Å². The Labute approximate surface area is 131 Å². The Morgan fingerprint density at radius 1 is 1.32 bits per heavy atom. The lowest BCUT2D eigenvalue weighted by molar-refractivity contribution is 0.0725. The summed E-state index contributed by atoms with van der Waals surface area (Å²) in [6.45, 7) is 2.71. The maximum atomic E-state index is 12.7. The smallest absolute Gasteiger partial charge is 0.257 e. The fourth-order valence-corrected chi connectivity index (χ4v) is 3.19. The zero-order valence-electron chi connectivity index (χ0n) is 13.1. The molecule has 5 nitrogen and oxygen atoms in total. The molecule has 120 valence electrons. The third-order valence-electron chi connectivity index (χ3n) is 4.91. The van der Waals surface area contributed by atoms with E-state index in [-0.39, 0.29) is 17.9 Å². The molecule has 5 heteroatoms. The van der Waals surface area contributed by atoms with Crippen molar-refractivity contribution in [1.29, 1.82) is 0 Å². The summed E-state index contributed by atoms with van der Waals surface area (Å²) in [6.07, 6.45) is 8.23. The normalized spacial score (nSPS) is 19.8. The van der Waals surface area contributed by atoms with Gasteiger partial charge >= 0.3 is 0 Å². The van der Waals surface area contributed by atoms with Gasteiger partial charge in [-0.2, -0.15) is 0 Å². The number of nitrogens with one attached hydrogen (secondary N) is 1. The van der Waals surface area contributed by atoms with Crippen LogP contribution in [0, 0.1) is 5.41 Å². The first kappa shape index (κ1) is 15.3. The second kappa shape index (κ2) is 6.65. The van der Waals surface area contributed by atoms with Crippen molar-refractivity contribution >= 4 is 11.7 Å². The number of hydrogen-bond acceptors (Lipinski definition) is 4. The molecule has 22 heavy (non-hydrogen) atoms. The lowest BCUT2D eigenvalue weighted by Crippen LogP contribution is -2.36. The lowest BCUT2D eigenvalue weighted by Gasteiger charge is -2.27. The molecule has 3 rings (SSSR count). The van der Waals surface area contributed by atoms with Crippen LogP contribution in [-0.4, -0.2) is 47.1 Å². The molecule has 1 aromatic rings. The number of likely N-dealkylation sites (tertiary alicyclic amines) is 1. The SMILES string of the molecule is O=C(c1cccnc1NCC1(CCO)CC1)N1CCCCC1. The highest BCUT2D eigenvalue weighted by atomic mass is 16.3. The van der Waals surface area contributed by atoms with Gasteiger partial charge in [0.2, 0.25) is 0 Å². The highest BCUT2D eigenvalue weighted by Gasteiger charge is 2.41. The summed E-state index contributed by atoms with van der Waals surface area (Å²) in [5.41, 5.74) is 0.877. The van der Waals surface area contributed by atoms with E-state index in [0.717, 1.165) is 51.7 Å². The summed E-state index contributed by atoms with van der Waals surface area (Å²) in [6, 6.07) is 3.68. The molecule has 2 N–H and O–H groups in total. The van der Waals surface area contributed by atoms with Gasteiger partial charge in [-0.05, 0) is 56.1 Å². The second-order valence-electron chi connectivity index (χ2n) is 6.58. The Bertz CT molecular complexity index is 522. The fraction of sp³-hybridized carbons (Fsp3) is 0.647. The Kier molecular flexibility index (Phi) is 4.62. The van der Waals surface area contributed by atoms with Crippen LogP contribution in [0.1, 0.15) is 48.9 Å². The fourth-order valence-electron chi connectivity index (χ4n) is 3.19. The molecular formula is C17H25N3O2. The van der Waals surface area contributed by atoms with Gasteiger partial charge in [-0.25, -0.2) is 4.98 Å². The molecule has 1 amide bonds. The van der Waals surface area contributed by atoms with Gasteiger partial charge in [0.25, 0.3) is 5.91 Å². The molecule has 1 aliphatic heterocycles. The van der Waals surface area contributed by atoms with E-state index in [9.17, 15) is 4.79 Å². The summed E-state index contributed by atoms with van der Waals surface area (Å²) < 4.78 is 0. The summed E-state index contributed by atoms with van der Waals surface area (Å²) in [5.74, 6) is 0.768. The number of hydrogen-bond donors (Lipinski definition) is 2. The number of piperidine rings is 1. The zero-order chi connectivity index (χ0) is 15.4. The number of anilines is 1. The van der Waals surface area contributed by atoms with Gasteiger partial charge in [-0.3, -0.25) is 4.79 Å². The molecule has 1 saturated heterocycles. The van der Waals surface area contributed by atoms with E-state index in [1.165, 1.54) is 6.42 Å². The first-order chi connectivity index (χ1) is 10.7. The zero-order valence-corrected chi connectivity index (χ0v) is 13.1. The van der Waals surface area contributed by atoms with Gasteiger partial charge in [-0.1, -0.05) is 0 Å². The molecule has 0 radical (unpaired) electrons. The third-order valence-corrected chi connectivity index (χ3v) is 4.91. The summed E-state index contributed by atoms with van der Waals surface area (Å²) in [7, 11) is 0. The molecule has 0 bridgehead atoms. The molecule has 2 fully saturated rings. The number of rotatable bonds is 6. The number of carbonyl (C=O) groups is 1. The van der Waals surface area contributed by atoms with Crippen LogP contribution >= 0.6 is 0 Å². The highest BCUT2D eigenvalue weighted by Crippen LogP contribution is 2.48. The third kappa shape index (κ3) is 3.40. The Hall–Kier alpha value is -1.62. The van der Waals surface area contributed by atoms with Gasteiger partial charge in [0.1, 0.15) is 5.82 Å². The standard InChI is InChI=1S/C17H25N3O2/c21-12-8-17(6-7-17)13-19-15-14(5-4-9-18-15)16(22)20-10-2-1-3-11-20/h4-5,9,21H,1-3,6-8,10-13H2,(H,18,19). The van der Waals surface area contributed by atoms with Gasteiger partial charge in [0.15, 0.2) is 0 Å². The molecular weight excluding hydrogens is 278 g/mol. The van der Waals surface area contributed by atoms with Crippen LogP contribution in [0.2, 0.25) is 0 Å². The minimum absolute atomic E-state index is 0.0855. The van der Waals surface area contributed by atoms with Crippen LogP contribution in [0.25, 0.3) is 0 Å². The van der Waals surface area contributed by atoms with Crippen molar-refractivity contribution in [2.45, 2.75) is 38.5 Å². The van der Waals surface area contributed by atoms with E-state index < -0.39 is 0 Å². The molecule has 1 aliphatic carbocycles. The molecule has 0 atom stereocenters. The largest absolute Gasteiger partial charge is 0.396 e. The van der Waals surface area contributed by atoms with E-state index in [1.807, 2.05) is 17.0 Å². The van der Waals surface area contributed by atoms with E-state index in [2.05, 4.69) is 10.3 Å². The Balaban J connectivity index is 1.68. The average Bonchev–Trinajstić information content (AvgIpc) is 3.34. The Morgan fingerprint density at radius 2 is 2.09 bits per heavy atom. The minimum atomic E-state index is 0.0855. The van der Waals surface area contributed by atoms with Crippen LogP contribution < -0.4 is 5.32 Å². The predicted molar refractivity (Wildman–Crippen MR) is 85.9 cm³/mol. The van der Waals surface area contributed by atoms with Gasteiger partial charge in [0, 0.05) is 32.4 Å². The van der Waals surface area contributed by atoms with Crippen molar-refractivity contribution in [1.82, 2.24) is 9.88 Å². The highest BCUT2D eigenvalue weighted by molar-refractivity contribution is 5.98. The van der Waals surface area contributed by atoms with Crippen LogP contribution in [-0.2, 0) is 0 Å². The summed E-state index contributed by atoms with van der Waals surface area (Å²) in [4.78, 5) is 19.0. The number of aromatic nitrogens is 1. The van der Waals surface area contributed by atoms with Gasteiger partial charge < -0.3 is 15.3 Å². The van der Waals surface area contributed by atoms with Gasteiger partial charge in [-0.15, -0.1) is 0 Å². The first-order valence-electron chi connectivity index (χ1n) is 8.33. The lowest BCUT2D eigenvalue weighted by atomic mass is 10.0. The molecule has 0 aromatic carbocycles. The van der Waals surface area contributed by atoms with E-state index >= 15 is 0 Å². The average molecular weight is 303 g/mol. The van der Waals surface area contributed by atoms with Gasteiger partial charge in [0.05, 0.1) is 5.56 Å². The Morgan fingerprint density at radius 3 is 2.77 bits per heavy atom. The van der Waals surface area contributed by atoms with Crippen molar-refractivity contribution in [2.24, 2.45) is 5.41 Å². The van der Waals surface area contributed by atoms with Crippen LogP contribution in [0.4, 0.5) is 5.82 Å².